The molecule has 8 nitrogen and oxygen atoms in total. The van der Waals surface area contributed by atoms with E-state index in [1.165, 1.54) is 16.1 Å². The number of nitrogens with one attached hydrogen (secondary N) is 1. The summed E-state index contributed by atoms with van der Waals surface area (Å²) in [5.41, 5.74) is 0.548. The maximum absolute atomic E-state index is 13.2. The van der Waals surface area contributed by atoms with Gasteiger partial charge in [-0.05, 0) is 50.9 Å². The number of nitrogens with zero attached hydrogens (tertiary/aromatic N) is 3. The van der Waals surface area contributed by atoms with Gasteiger partial charge in [-0.15, -0.1) is 11.8 Å². The first-order valence-corrected chi connectivity index (χ1v) is 13.7. The van der Waals surface area contributed by atoms with Gasteiger partial charge in [-0.25, -0.2) is 8.42 Å². The van der Waals surface area contributed by atoms with E-state index in [1.807, 2.05) is 11.8 Å². The minimum Gasteiger partial charge on any atom is -0.340 e. The lowest BCUT2D eigenvalue weighted by atomic mass is 9.96. The lowest BCUT2D eigenvalue weighted by Crippen LogP contribution is -2.52. The molecule has 4 rings (SSSR count). The van der Waals surface area contributed by atoms with Crippen LogP contribution in [0.25, 0.3) is 0 Å². The summed E-state index contributed by atoms with van der Waals surface area (Å²) in [6.07, 6.45) is 2.21. The van der Waals surface area contributed by atoms with Gasteiger partial charge < -0.3 is 10.2 Å². The van der Waals surface area contributed by atoms with Crippen molar-refractivity contribution < 1.29 is 18.0 Å². The number of rotatable bonds is 5. The number of anilines is 1. The Bertz CT molecular complexity index is 968. The van der Waals surface area contributed by atoms with Crippen LogP contribution in [0.5, 0.6) is 0 Å². The molecule has 3 heterocycles. The van der Waals surface area contributed by atoms with Crippen LogP contribution in [0.2, 0.25) is 0 Å². The SMILES string of the molecule is CCCN1CCN(C(=O)C2CCN(S(=O)(=O)c3ccc4c(c3)NC(=O)[C@@H](C)S4)CC2)CC1. The third kappa shape index (κ3) is 4.83. The third-order valence-electron chi connectivity index (χ3n) is 6.55. The van der Waals surface area contributed by atoms with Gasteiger partial charge >= 0.3 is 0 Å². The molecule has 3 aliphatic heterocycles. The lowest BCUT2D eigenvalue weighted by molar-refractivity contribution is -0.138. The van der Waals surface area contributed by atoms with E-state index in [4.69, 9.17) is 0 Å². The highest BCUT2D eigenvalue weighted by Gasteiger charge is 2.35. The fourth-order valence-electron chi connectivity index (χ4n) is 4.61. The fourth-order valence-corrected chi connectivity index (χ4v) is 7.03. The molecule has 32 heavy (non-hydrogen) atoms. The van der Waals surface area contributed by atoms with Crippen LogP contribution in [0.3, 0.4) is 0 Å². The summed E-state index contributed by atoms with van der Waals surface area (Å²) >= 11 is 1.43. The summed E-state index contributed by atoms with van der Waals surface area (Å²) in [6.45, 7) is 9.08. The van der Waals surface area contributed by atoms with Gasteiger partial charge in [0.1, 0.15) is 0 Å². The largest absolute Gasteiger partial charge is 0.340 e. The molecule has 10 heteroatoms. The van der Waals surface area contributed by atoms with E-state index < -0.39 is 10.0 Å². The van der Waals surface area contributed by atoms with Crippen LogP contribution >= 0.6 is 11.8 Å². The highest BCUT2D eigenvalue weighted by Crippen LogP contribution is 2.37. The maximum Gasteiger partial charge on any atom is 0.243 e. The molecule has 0 radical (unpaired) electrons. The number of hydrogen-bond acceptors (Lipinski definition) is 6. The van der Waals surface area contributed by atoms with Crippen molar-refractivity contribution in [2.45, 2.75) is 48.2 Å². The second-order valence-electron chi connectivity index (χ2n) is 8.75. The van der Waals surface area contributed by atoms with Crippen molar-refractivity contribution in [1.29, 1.82) is 0 Å². The summed E-state index contributed by atoms with van der Waals surface area (Å²) in [5, 5.41) is 2.60. The molecule has 1 aromatic carbocycles. The number of amides is 2. The first-order chi connectivity index (χ1) is 15.3. The minimum absolute atomic E-state index is 0.111. The molecule has 1 N–H and O–H groups in total. The number of benzene rings is 1. The highest BCUT2D eigenvalue weighted by molar-refractivity contribution is 8.01. The normalized spacial score (nSPS) is 23.6. The fraction of sp³-hybridized carbons (Fsp3) is 0.636. The molecule has 2 amide bonds. The molecule has 3 aliphatic rings. The van der Waals surface area contributed by atoms with Crippen molar-refractivity contribution in [2.24, 2.45) is 5.92 Å². The Balaban J connectivity index is 1.36. The summed E-state index contributed by atoms with van der Waals surface area (Å²) in [4.78, 5) is 30.3. The molecule has 2 saturated heterocycles. The highest BCUT2D eigenvalue weighted by atomic mass is 32.2. The lowest BCUT2D eigenvalue weighted by Gasteiger charge is -2.38. The van der Waals surface area contributed by atoms with E-state index in [2.05, 4.69) is 17.1 Å². The summed E-state index contributed by atoms with van der Waals surface area (Å²) in [6, 6.07) is 4.92. The van der Waals surface area contributed by atoms with Gasteiger partial charge in [0.15, 0.2) is 0 Å². The predicted octanol–water partition coefficient (Wildman–Crippen LogP) is 2.07. The summed E-state index contributed by atoms with van der Waals surface area (Å²) in [7, 11) is -3.67. The van der Waals surface area contributed by atoms with Gasteiger partial charge in [0.2, 0.25) is 21.8 Å². The Hall–Kier alpha value is -1.62. The topological polar surface area (TPSA) is 90.0 Å². The molecule has 0 aliphatic carbocycles. The zero-order valence-electron chi connectivity index (χ0n) is 18.7. The van der Waals surface area contributed by atoms with Crippen LogP contribution in [-0.4, -0.2) is 85.4 Å². The second-order valence-corrected chi connectivity index (χ2v) is 12.1. The van der Waals surface area contributed by atoms with Gasteiger partial charge in [-0.3, -0.25) is 14.5 Å². The van der Waals surface area contributed by atoms with Crippen molar-refractivity contribution in [2.75, 3.05) is 51.1 Å². The van der Waals surface area contributed by atoms with Crippen molar-refractivity contribution in [3.8, 4) is 0 Å². The van der Waals surface area contributed by atoms with Crippen LogP contribution in [0, 0.1) is 5.92 Å². The number of fused-ring (bicyclic) bond motifs is 1. The number of piperidine rings is 1. The van der Waals surface area contributed by atoms with Gasteiger partial charge in [0.25, 0.3) is 0 Å². The maximum atomic E-state index is 13.2. The molecule has 0 unspecified atom stereocenters. The van der Waals surface area contributed by atoms with Crippen molar-refractivity contribution >= 4 is 39.3 Å². The molecule has 1 atom stereocenters. The molecule has 0 aromatic heterocycles. The smallest absolute Gasteiger partial charge is 0.243 e. The van der Waals surface area contributed by atoms with E-state index in [1.54, 1.807) is 18.2 Å². The Morgan fingerprint density at radius 3 is 2.47 bits per heavy atom. The predicted molar refractivity (Wildman–Crippen MR) is 125 cm³/mol. The Morgan fingerprint density at radius 1 is 1.12 bits per heavy atom. The van der Waals surface area contributed by atoms with Crippen molar-refractivity contribution in [3.05, 3.63) is 18.2 Å². The van der Waals surface area contributed by atoms with Crippen LogP contribution in [-0.2, 0) is 19.6 Å². The quantitative estimate of drug-likeness (QED) is 0.694. The number of carbonyl (C=O) groups excluding carboxylic acids is 2. The van der Waals surface area contributed by atoms with Gasteiger partial charge in [-0.1, -0.05) is 6.92 Å². The molecular formula is C22H32N4O4S2. The van der Waals surface area contributed by atoms with E-state index in [0.29, 0.717) is 31.6 Å². The van der Waals surface area contributed by atoms with E-state index in [-0.39, 0.29) is 27.9 Å². The first-order valence-electron chi connectivity index (χ1n) is 11.4. The summed E-state index contributed by atoms with van der Waals surface area (Å²) < 4.78 is 27.9. The van der Waals surface area contributed by atoms with Crippen LogP contribution in [0.1, 0.15) is 33.1 Å². The minimum atomic E-state index is -3.67. The van der Waals surface area contributed by atoms with Crippen LogP contribution in [0.15, 0.2) is 28.0 Å². The number of piperazine rings is 1. The van der Waals surface area contributed by atoms with E-state index in [9.17, 15) is 18.0 Å². The third-order valence-corrected chi connectivity index (χ3v) is 9.62. The van der Waals surface area contributed by atoms with E-state index >= 15 is 0 Å². The first kappa shape index (κ1) is 23.5. The van der Waals surface area contributed by atoms with Crippen LogP contribution in [0.4, 0.5) is 5.69 Å². The van der Waals surface area contributed by atoms with Crippen molar-refractivity contribution in [1.82, 2.24) is 14.1 Å². The Kier molecular flexibility index (Phi) is 7.14. The number of hydrogen-bond donors (Lipinski definition) is 1. The average Bonchev–Trinajstić information content (AvgIpc) is 2.80. The zero-order valence-corrected chi connectivity index (χ0v) is 20.4. The molecule has 0 spiro atoms. The zero-order chi connectivity index (χ0) is 22.9. The molecule has 0 bridgehead atoms. The number of carbonyl (C=O) groups is 2. The molecule has 0 saturated carbocycles. The van der Waals surface area contributed by atoms with Gasteiger partial charge in [0, 0.05) is 50.1 Å². The van der Waals surface area contributed by atoms with Gasteiger partial charge in [0.05, 0.1) is 15.8 Å². The molecular weight excluding hydrogens is 448 g/mol. The summed E-state index contributed by atoms with van der Waals surface area (Å²) in [5.74, 6) is -0.0624. The number of thioether (sulfide) groups is 1. The monoisotopic (exact) mass is 480 g/mol. The second kappa shape index (κ2) is 9.70. The van der Waals surface area contributed by atoms with Crippen molar-refractivity contribution in [3.63, 3.8) is 0 Å². The Labute approximate surface area is 194 Å². The molecule has 1 aromatic rings. The molecule has 2 fully saturated rings. The van der Waals surface area contributed by atoms with Gasteiger partial charge in [-0.2, -0.15) is 4.31 Å². The Morgan fingerprint density at radius 2 is 1.81 bits per heavy atom. The van der Waals surface area contributed by atoms with E-state index in [0.717, 1.165) is 44.0 Å². The number of sulfonamides is 1. The molecule has 176 valence electrons. The average molecular weight is 481 g/mol. The standard InChI is InChI=1S/C22H32N4O4S2/c1-3-8-24-11-13-25(14-12-24)22(28)17-6-9-26(10-7-17)32(29,30)18-4-5-20-19(15-18)23-21(27)16(2)31-20/h4-5,15-17H,3,6-14H2,1-2H3,(H,23,27)/t16-/m1/s1. The van der Waals surface area contributed by atoms with Crippen LogP contribution < -0.4 is 5.32 Å².